The first kappa shape index (κ1) is 58.3. The molecule has 6 aromatic carbocycles. The fourth-order valence-electron chi connectivity index (χ4n) is 8.49. The molecule has 0 radical (unpaired) electrons. The topological polar surface area (TPSA) is 24.1 Å². The molecule has 7 rings (SSSR count). The smallest absolute Gasteiger partial charge is 0.385 e. The van der Waals surface area contributed by atoms with Crippen LogP contribution in [0, 0.1) is 0 Å². The maximum absolute atomic E-state index is 14.2. The van der Waals surface area contributed by atoms with E-state index in [1.807, 2.05) is 36.5 Å². The third-order valence-corrected chi connectivity index (χ3v) is 11.8. The molecule has 27 heteroatoms. The van der Waals surface area contributed by atoms with Crippen LogP contribution in [0.4, 0.5) is 105 Å². The van der Waals surface area contributed by atoms with Crippen LogP contribution in [-0.4, -0.2) is 11.3 Å². The summed E-state index contributed by atoms with van der Waals surface area (Å²) in [5.41, 5.74) is -28.0. The highest BCUT2D eigenvalue weighted by atomic mass is 19.4. The van der Waals surface area contributed by atoms with Crippen LogP contribution < -0.4 is 26.4 Å². The molecule has 76 heavy (non-hydrogen) atoms. The fraction of sp³-hybridized carbons (Fsp3) is 0.204. The predicted octanol–water partition coefficient (Wildman–Crippen LogP) is 13.9. The van der Waals surface area contributed by atoms with Crippen molar-refractivity contribution < 1.29 is 115 Å². The first-order chi connectivity index (χ1) is 34.6. The van der Waals surface area contributed by atoms with Gasteiger partial charge in [-0.15, -0.1) is 0 Å². The molecule has 0 aliphatic rings. The number of nitrogens with zero attached hydrogens (tertiary/aromatic N) is 1. The summed E-state index contributed by atoms with van der Waals surface area (Å²) in [5.74, 6) is 0. The van der Waals surface area contributed by atoms with Gasteiger partial charge >= 0.3 is 49.4 Å². The summed E-state index contributed by atoms with van der Waals surface area (Å²) in [6, 6.07) is 11.7. The van der Waals surface area contributed by atoms with E-state index in [4.69, 9.17) is 0 Å². The normalized spacial score (nSPS) is 13.4. The second-order valence-electron chi connectivity index (χ2n) is 16.8. The van der Waals surface area contributed by atoms with Gasteiger partial charge < -0.3 is 5.11 Å². The molecule has 0 spiro atoms. The van der Waals surface area contributed by atoms with Gasteiger partial charge in [0.05, 0.1) is 49.9 Å². The number of pyridine rings is 1. The van der Waals surface area contributed by atoms with Crippen LogP contribution in [0.1, 0.15) is 55.8 Å². The Morgan fingerprint density at radius 3 is 0.855 bits per heavy atom. The Morgan fingerprint density at radius 2 is 0.592 bits per heavy atom. The number of fused-ring (bicyclic) bond motifs is 1. The molecule has 1 heterocycles. The third kappa shape index (κ3) is 12.8. The zero-order valence-corrected chi connectivity index (χ0v) is 37.2. The summed E-state index contributed by atoms with van der Waals surface area (Å²) in [6.45, 7) is 0.829. The van der Waals surface area contributed by atoms with Gasteiger partial charge in [0, 0.05) is 11.6 Å². The predicted molar refractivity (Wildman–Crippen MR) is 226 cm³/mol. The Hall–Kier alpha value is -6.93. The molecule has 0 unspecified atom stereocenters. The van der Waals surface area contributed by atoms with E-state index in [9.17, 15) is 110 Å². The molecule has 0 amide bonds. The van der Waals surface area contributed by atoms with E-state index < -0.39 is 195 Å². The zero-order chi connectivity index (χ0) is 57.0. The number of hydrogen-bond acceptors (Lipinski definition) is 1. The van der Waals surface area contributed by atoms with E-state index in [2.05, 4.69) is 34.9 Å². The highest BCUT2D eigenvalue weighted by Gasteiger charge is 2.47. The molecule has 0 saturated heterocycles. The SMILES string of the molecule is FC(F)(F)c1cc([B-](c2cc(C(F)(F)F)cc(C(F)(F)F)c2)(c2cc(C(F)(F)F)cc(C(F)(F)F)c2)c2cc(C(F)(F)F)cc(C(F)(F)F)c2)cc(C(F)(F)F)c1.OCc1c2ccccc2cc[n+]1Cc1ccccc1. The molecule has 0 fully saturated rings. The van der Waals surface area contributed by atoms with Crippen molar-refractivity contribution in [1.29, 1.82) is 0 Å². The average Bonchev–Trinajstić information content (AvgIpc) is 3.30. The molecule has 2 nitrogen and oxygen atoms in total. The Bertz CT molecular complexity index is 2780. The standard InChI is InChI=1S/C32H12BF24.C17H16NO/c34-25(35,36)13-1-14(26(37,38)39)6-21(5-13)33(22-7-15(27(40,41)42)2-16(8-22)28(43,44)45,23-9-17(29(46,47)48)3-18(10-23)30(49,50)51)24-11-19(31(52,53)54)4-20(12-24)32(55,56)57;19-13-17-16-9-5-4-8-15(16)10-11-18(17)12-14-6-2-1-3-7-14/h1-12H;1-11,19H,12-13H2/q-1;+1. The average molecular weight is 1110 g/mol. The zero-order valence-electron chi connectivity index (χ0n) is 37.2. The molecular formula is C49H28BF24NO. The lowest BCUT2D eigenvalue weighted by molar-refractivity contribution is -0.696. The van der Waals surface area contributed by atoms with Crippen LogP contribution in [0.25, 0.3) is 10.8 Å². The summed E-state index contributed by atoms with van der Waals surface area (Å²) in [7, 11) is 0. The van der Waals surface area contributed by atoms with Crippen LogP contribution in [-0.2, 0) is 62.6 Å². The van der Waals surface area contributed by atoms with Crippen molar-refractivity contribution in [2.45, 2.75) is 62.6 Å². The number of alkyl halides is 24. The van der Waals surface area contributed by atoms with Gasteiger partial charge in [0.1, 0.15) is 12.8 Å². The molecule has 0 aliphatic heterocycles. The lowest BCUT2D eigenvalue weighted by atomic mass is 9.12. The second kappa shape index (κ2) is 20.2. The maximum atomic E-state index is 14.2. The quantitative estimate of drug-likeness (QED) is 0.0960. The van der Waals surface area contributed by atoms with Crippen LogP contribution >= 0.6 is 0 Å². The number of rotatable bonds is 7. The van der Waals surface area contributed by atoms with Crippen molar-refractivity contribution in [2.75, 3.05) is 0 Å². The molecule has 7 aromatic rings. The van der Waals surface area contributed by atoms with Crippen molar-refractivity contribution in [3.05, 3.63) is 195 Å². The molecule has 0 aliphatic carbocycles. The number of aromatic nitrogens is 1. The first-order valence-electron chi connectivity index (χ1n) is 21.0. The Labute approximate surface area is 411 Å². The Balaban J connectivity index is 0.000000408. The minimum absolute atomic E-state index is 0.0498. The maximum Gasteiger partial charge on any atom is 0.416 e. The Morgan fingerprint density at radius 1 is 0.329 bits per heavy atom. The van der Waals surface area contributed by atoms with Gasteiger partial charge in [-0.05, 0) is 35.7 Å². The van der Waals surface area contributed by atoms with Crippen LogP contribution in [0.15, 0.2) is 140 Å². The highest BCUT2D eigenvalue weighted by Crippen LogP contribution is 2.41. The number of hydrogen-bond donors (Lipinski definition) is 1. The molecule has 0 bridgehead atoms. The molecule has 1 N–H and O–H groups in total. The minimum Gasteiger partial charge on any atom is -0.385 e. The van der Waals surface area contributed by atoms with Crippen molar-refractivity contribution >= 4 is 38.8 Å². The van der Waals surface area contributed by atoms with Gasteiger partial charge in [-0.1, -0.05) is 97.1 Å². The largest absolute Gasteiger partial charge is 0.416 e. The van der Waals surface area contributed by atoms with E-state index in [-0.39, 0.29) is 6.61 Å². The van der Waals surface area contributed by atoms with E-state index in [1.54, 1.807) is 0 Å². The van der Waals surface area contributed by atoms with Gasteiger partial charge in [-0.2, -0.15) is 132 Å². The lowest BCUT2D eigenvalue weighted by Crippen LogP contribution is -2.75. The van der Waals surface area contributed by atoms with Crippen LogP contribution in [0.2, 0.25) is 0 Å². The van der Waals surface area contributed by atoms with E-state index >= 15 is 0 Å². The van der Waals surface area contributed by atoms with Gasteiger partial charge in [-0.25, -0.2) is 0 Å². The second-order valence-corrected chi connectivity index (χ2v) is 16.8. The van der Waals surface area contributed by atoms with Crippen LogP contribution in [0.3, 0.4) is 0 Å². The van der Waals surface area contributed by atoms with Crippen molar-refractivity contribution in [1.82, 2.24) is 0 Å². The van der Waals surface area contributed by atoms with E-state index in [1.165, 1.54) is 5.56 Å². The number of benzene rings is 6. The minimum atomic E-state index is -6.13. The Kier molecular flexibility index (Phi) is 15.5. The molecule has 0 saturated carbocycles. The lowest BCUT2D eigenvalue weighted by Gasteiger charge is -2.46. The first-order valence-corrected chi connectivity index (χ1v) is 21.0. The van der Waals surface area contributed by atoms with Gasteiger partial charge in [0.15, 0.2) is 12.7 Å². The van der Waals surface area contributed by atoms with Gasteiger partial charge in [0.25, 0.3) is 0 Å². The monoisotopic (exact) mass is 1110 g/mol. The summed E-state index contributed by atoms with van der Waals surface area (Å²) in [6.07, 6.45) is -52.8. The van der Waals surface area contributed by atoms with Crippen molar-refractivity contribution in [2.24, 2.45) is 0 Å². The highest BCUT2D eigenvalue weighted by molar-refractivity contribution is 7.20. The molecular weight excluding hydrogens is 1090 g/mol. The van der Waals surface area contributed by atoms with Crippen LogP contribution in [0.5, 0.6) is 0 Å². The van der Waals surface area contributed by atoms with E-state index in [0.717, 1.165) is 23.0 Å². The summed E-state index contributed by atoms with van der Waals surface area (Å²) < 4.78 is 343. The number of aliphatic hydroxyl groups excluding tert-OH is 1. The summed E-state index contributed by atoms with van der Waals surface area (Å²) >= 11 is 0. The molecule has 0 atom stereocenters. The third-order valence-electron chi connectivity index (χ3n) is 11.8. The molecule has 1 aromatic heterocycles. The van der Waals surface area contributed by atoms with Gasteiger partial charge in [-0.3, -0.25) is 0 Å². The summed E-state index contributed by atoms with van der Waals surface area (Å²) in [5, 5.41) is 12.0. The molecule has 406 valence electrons. The summed E-state index contributed by atoms with van der Waals surface area (Å²) in [4.78, 5) is 0. The number of aliphatic hydroxyl groups is 1. The van der Waals surface area contributed by atoms with Gasteiger partial charge in [0.2, 0.25) is 5.69 Å². The number of halogens is 24. The fourth-order valence-corrected chi connectivity index (χ4v) is 8.49. The van der Waals surface area contributed by atoms with Crippen molar-refractivity contribution in [3.8, 4) is 0 Å². The van der Waals surface area contributed by atoms with E-state index in [0.29, 0.717) is 0 Å². The van der Waals surface area contributed by atoms with Crippen molar-refractivity contribution in [3.63, 3.8) is 0 Å².